The predicted octanol–water partition coefficient (Wildman–Crippen LogP) is 1.53. The van der Waals surface area contributed by atoms with Gasteiger partial charge in [0, 0.05) is 18.4 Å². The van der Waals surface area contributed by atoms with Crippen molar-refractivity contribution in [2.45, 2.75) is 32.8 Å². The van der Waals surface area contributed by atoms with Crippen molar-refractivity contribution in [2.24, 2.45) is 0 Å². The molecule has 0 saturated heterocycles. The zero-order valence-corrected chi connectivity index (χ0v) is 11.5. The summed E-state index contributed by atoms with van der Waals surface area (Å²) in [6.07, 6.45) is 2.29. The van der Waals surface area contributed by atoms with Gasteiger partial charge in [-0.05, 0) is 32.4 Å². The molecule has 2 heterocycles. The molecule has 1 atom stereocenters. The number of nitrogens with zero attached hydrogens (tertiary/aromatic N) is 2. The van der Waals surface area contributed by atoms with Gasteiger partial charge in [0.25, 0.3) is 5.91 Å². The van der Waals surface area contributed by atoms with Crippen molar-refractivity contribution >= 4 is 11.6 Å². The maximum absolute atomic E-state index is 12.0. The van der Waals surface area contributed by atoms with E-state index in [-0.39, 0.29) is 12.5 Å². The lowest BCUT2D eigenvalue weighted by Crippen LogP contribution is -2.40. The Morgan fingerprint density at radius 1 is 1.53 bits per heavy atom. The molecule has 5 nitrogen and oxygen atoms in total. The highest BCUT2D eigenvalue weighted by Crippen LogP contribution is 2.10. The minimum Gasteiger partial charge on any atom is -0.388 e. The summed E-state index contributed by atoms with van der Waals surface area (Å²) in [5.74, 6) is -0.267. The summed E-state index contributed by atoms with van der Waals surface area (Å²) < 4.78 is 1.87. The van der Waals surface area contributed by atoms with Crippen LogP contribution in [0.2, 0.25) is 0 Å². The van der Waals surface area contributed by atoms with Crippen LogP contribution in [0.5, 0.6) is 0 Å². The van der Waals surface area contributed by atoms with Crippen LogP contribution < -0.4 is 5.32 Å². The summed E-state index contributed by atoms with van der Waals surface area (Å²) >= 11 is 0. The highest BCUT2D eigenvalue weighted by molar-refractivity contribution is 5.92. The topological polar surface area (TPSA) is 66.6 Å². The average Bonchev–Trinajstić information content (AvgIpc) is 2.81. The fraction of sp³-hybridized carbons (Fsp3) is 0.429. The van der Waals surface area contributed by atoms with Gasteiger partial charge in [-0.3, -0.25) is 4.79 Å². The van der Waals surface area contributed by atoms with E-state index in [2.05, 4.69) is 10.3 Å². The lowest BCUT2D eigenvalue weighted by Gasteiger charge is -2.21. The van der Waals surface area contributed by atoms with E-state index in [1.807, 2.05) is 36.4 Å². The zero-order chi connectivity index (χ0) is 14.0. The Balaban J connectivity index is 2.16. The zero-order valence-electron chi connectivity index (χ0n) is 11.5. The van der Waals surface area contributed by atoms with Crippen molar-refractivity contribution in [3.8, 4) is 0 Å². The fourth-order valence-electron chi connectivity index (χ4n) is 1.74. The van der Waals surface area contributed by atoms with Crippen LogP contribution in [0.1, 0.15) is 36.5 Å². The molecule has 2 aromatic rings. The maximum atomic E-state index is 12.0. The number of fused-ring (bicyclic) bond motifs is 1. The van der Waals surface area contributed by atoms with E-state index < -0.39 is 5.60 Å². The van der Waals surface area contributed by atoms with Crippen molar-refractivity contribution in [3.63, 3.8) is 0 Å². The minimum atomic E-state index is -0.884. The number of carbonyl (C=O) groups excluding carboxylic acids is 1. The van der Waals surface area contributed by atoms with Gasteiger partial charge in [0.1, 0.15) is 11.3 Å². The highest BCUT2D eigenvalue weighted by atomic mass is 16.3. The maximum Gasteiger partial charge on any atom is 0.271 e. The van der Waals surface area contributed by atoms with Crippen LogP contribution in [0, 0.1) is 6.92 Å². The van der Waals surface area contributed by atoms with Gasteiger partial charge in [0.05, 0.1) is 5.60 Å². The molecular weight excluding hydrogens is 242 g/mol. The molecule has 2 N–H and O–H groups in total. The van der Waals surface area contributed by atoms with Crippen LogP contribution in [-0.2, 0) is 0 Å². The number of aryl methyl sites for hydroxylation is 1. The van der Waals surface area contributed by atoms with Gasteiger partial charge in [0.2, 0.25) is 0 Å². The van der Waals surface area contributed by atoms with Gasteiger partial charge < -0.3 is 14.8 Å². The second kappa shape index (κ2) is 5.01. The molecule has 0 aliphatic carbocycles. The number of nitrogens with one attached hydrogen (secondary N) is 1. The van der Waals surface area contributed by atoms with E-state index in [0.29, 0.717) is 12.1 Å². The summed E-state index contributed by atoms with van der Waals surface area (Å²) in [6.45, 7) is 5.74. The van der Waals surface area contributed by atoms with Crippen LogP contribution in [0.4, 0.5) is 0 Å². The minimum absolute atomic E-state index is 0.217. The molecule has 2 rings (SSSR count). The van der Waals surface area contributed by atoms with Gasteiger partial charge in [-0.2, -0.15) is 0 Å². The number of hydrogen-bond donors (Lipinski definition) is 2. The number of pyridine rings is 1. The Labute approximate surface area is 112 Å². The molecule has 102 valence electrons. The molecule has 0 spiro atoms. The van der Waals surface area contributed by atoms with Crippen molar-refractivity contribution in [3.05, 3.63) is 35.8 Å². The molecule has 0 bridgehead atoms. The average molecular weight is 261 g/mol. The largest absolute Gasteiger partial charge is 0.388 e. The first-order valence-corrected chi connectivity index (χ1v) is 6.38. The third-order valence-corrected chi connectivity index (χ3v) is 3.32. The monoisotopic (exact) mass is 261 g/mol. The van der Waals surface area contributed by atoms with E-state index in [1.54, 1.807) is 13.1 Å². The number of aromatic nitrogens is 2. The first kappa shape index (κ1) is 13.5. The molecule has 5 heteroatoms. The van der Waals surface area contributed by atoms with Gasteiger partial charge in [-0.25, -0.2) is 4.98 Å². The number of hydrogen-bond acceptors (Lipinski definition) is 3. The van der Waals surface area contributed by atoms with Gasteiger partial charge in [-0.15, -0.1) is 0 Å². The first-order valence-electron chi connectivity index (χ1n) is 6.38. The number of carbonyl (C=O) groups is 1. The molecule has 1 unspecified atom stereocenters. The number of imidazole rings is 1. The third-order valence-electron chi connectivity index (χ3n) is 3.32. The Kier molecular flexibility index (Phi) is 3.57. The van der Waals surface area contributed by atoms with E-state index >= 15 is 0 Å². The van der Waals surface area contributed by atoms with Crippen molar-refractivity contribution < 1.29 is 9.90 Å². The fourth-order valence-corrected chi connectivity index (χ4v) is 1.74. The number of rotatable bonds is 4. The number of aliphatic hydroxyl groups is 1. The molecule has 0 aliphatic heterocycles. The standard InChI is InChI=1S/C14H19N3O2/c1-4-14(3,19)9-15-13(18)11-8-17-10(2)6-5-7-12(17)16-11/h5-8,19H,4,9H2,1-3H3,(H,15,18). The summed E-state index contributed by atoms with van der Waals surface area (Å²) in [5.41, 5.74) is 1.24. The summed E-state index contributed by atoms with van der Waals surface area (Å²) in [4.78, 5) is 16.3. The number of amides is 1. The molecule has 2 aromatic heterocycles. The Morgan fingerprint density at radius 2 is 2.26 bits per heavy atom. The smallest absolute Gasteiger partial charge is 0.271 e. The van der Waals surface area contributed by atoms with Gasteiger partial charge in [-0.1, -0.05) is 13.0 Å². The second-order valence-corrected chi connectivity index (χ2v) is 5.05. The normalized spacial score (nSPS) is 14.3. The Hall–Kier alpha value is -1.88. The lowest BCUT2D eigenvalue weighted by atomic mass is 10.0. The van der Waals surface area contributed by atoms with Crippen molar-refractivity contribution in [2.75, 3.05) is 6.54 Å². The van der Waals surface area contributed by atoms with Gasteiger partial charge >= 0.3 is 0 Å². The van der Waals surface area contributed by atoms with E-state index in [4.69, 9.17) is 0 Å². The molecule has 0 saturated carbocycles. The Bertz CT molecular complexity index is 602. The third kappa shape index (κ3) is 2.93. The predicted molar refractivity (Wildman–Crippen MR) is 73.2 cm³/mol. The molecule has 0 aromatic carbocycles. The highest BCUT2D eigenvalue weighted by Gasteiger charge is 2.20. The summed E-state index contributed by atoms with van der Waals surface area (Å²) in [6, 6.07) is 5.71. The quantitative estimate of drug-likeness (QED) is 0.877. The van der Waals surface area contributed by atoms with Crippen molar-refractivity contribution in [1.82, 2.24) is 14.7 Å². The SMILES string of the molecule is CCC(C)(O)CNC(=O)c1cn2c(C)cccc2n1. The van der Waals surface area contributed by atoms with E-state index in [0.717, 1.165) is 11.3 Å². The molecule has 0 radical (unpaired) electrons. The molecule has 0 aliphatic rings. The van der Waals surface area contributed by atoms with Crippen LogP contribution in [0.3, 0.4) is 0 Å². The molecule has 1 amide bonds. The Morgan fingerprint density at radius 3 is 2.89 bits per heavy atom. The van der Waals surface area contributed by atoms with E-state index in [9.17, 15) is 9.90 Å². The molecular formula is C14H19N3O2. The van der Waals surface area contributed by atoms with Crippen molar-refractivity contribution in [1.29, 1.82) is 0 Å². The van der Waals surface area contributed by atoms with Crippen LogP contribution >= 0.6 is 0 Å². The first-order chi connectivity index (χ1) is 8.93. The van der Waals surface area contributed by atoms with Gasteiger partial charge in [0.15, 0.2) is 0 Å². The molecule has 0 fully saturated rings. The molecule has 19 heavy (non-hydrogen) atoms. The van der Waals surface area contributed by atoms with Crippen LogP contribution in [0.25, 0.3) is 5.65 Å². The summed E-state index contributed by atoms with van der Waals surface area (Å²) in [7, 11) is 0. The second-order valence-electron chi connectivity index (χ2n) is 5.05. The van der Waals surface area contributed by atoms with Crippen LogP contribution in [0.15, 0.2) is 24.4 Å². The van der Waals surface area contributed by atoms with E-state index in [1.165, 1.54) is 0 Å². The summed E-state index contributed by atoms with van der Waals surface area (Å²) in [5, 5.41) is 12.6. The van der Waals surface area contributed by atoms with Crippen LogP contribution in [-0.4, -0.2) is 32.5 Å². The lowest BCUT2D eigenvalue weighted by molar-refractivity contribution is 0.0517.